The van der Waals surface area contributed by atoms with Gasteiger partial charge in [-0.05, 0) is 41.4 Å². The number of benzene rings is 1. The maximum absolute atomic E-state index is 5.64. The van der Waals surface area contributed by atoms with Gasteiger partial charge in [0.15, 0.2) is 0 Å². The molecule has 0 amide bonds. The normalized spacial score (nSPS) is 10.8. The van der Waals surface area contributed by atoms with Crippen LogP contribution in [0.5, 0.6) is 5.75 Å². The molecule has 0 saturated heterocycles. The number of halogens is 1. The molecular weight excluding hydrogens is 266 g/mol. The fraction of sp³-hybridized carbons (Fsp3) is 0.538. The minimum Gasteiger partial charge on any atom is -0.492 e. The van der Waals surface area contributed by atoms with Crippen LogP contribution in [0.2, 0.25) is 0 Å². The van der Waals surface area contributed by atoms with Crippen LogP contribution in [0.1, 0.15) is 26.3 Å². The average Bonchev–Trinajstić information content (AvgIpc) is 2.22. The number of hydrogen-bond acceptors (Lipinski definition) is 2. The Bertz CT molecular complexity index is 326. The van der Waals surface area contributed by atoms with Crippen LogP contribution in [-0.2, 0) is 6.54 Å². The molecule has 1 rings (SSSR count). The van der Waals surface area contributed by atoms with E-state index in [1.165, 1.54) is 5.56 Å². The molecule has 2 nitrogen and oxygen atoms in total. The van der Waals surface area contributed by atoms with E-state index < -0.39 is 0 Å². The molecule has 16 heavy (non-hydrogen) atoms. The highest BCUT2D eigenvalue weighted by Crippen LogP contribution is 2.28. The van der Waals surface area contributed by atoms with E-state index in [-0.39, 0.29) is 0 Å². The second kappa shape index (κ2) is 6.92. The van der Waals surface area contributed by atoms with Gasteiger partial charge >= 0.3 is 0 Å². The molecule has 0 unspecified atom stereocenters. The maximum atomic E-state index is 5.64. The minimum absolute atomic E-state index is 0.669. The second-order valence-corrected chi connectivity index (χ2v) is 5.04. The van der Waals surface area contributed by atoms with Crippen molar-refractivity contribution in [3.63, 3.8) is 0 Å². The molecule has 0 heterocycles. The number of hydrogen-bond donors (Lipinski definition) is 1. The molecule has 0 fully saturated rings. The third-order valence-corrected chi connectivity index (χ3v) is 2.83. The SMILES string of the molecule is CCOc1c(Br)cccc1CNCC(C)C. The van der Waals surface area contributed by atoms with Gasteiger partial charge in [-0.15, -0.1) is 0 Å². The van der Waals surface area contributed by atoms with Crippen LogP contribution in [0, 0.1) is 5.92 Å². The van der Waals surface area contributed by atoms with Crippen molar-refractivity contribution in [2.45, 2.75) is 27.3 Å². The third kappa shape index (κ3) is 4.14. The van der Waals surface area contributed by atoms with Crippen molar-refractivity contribution in [3.8, 4) is 5.75 Å². The lowest BCUT2D eigenvalue weighted by Gasteiger charge is -2.13. The highest BCUT2D eigenvalue weighted by atomic mass is 79.9. The Balaban J connectivity index is 2.66. The van der Waals surface area contributed by atoms with E-state index in [4.69, 9.17) is 4.74 Å². The summed E-state index contributed by atoms with van der Waals surface area (Å²) in [7, 11) is 0. The standard InChI is InChI=1S/C13H20BrNO/c1-4-16-13-11(6-5-7-12(13)14)9-15-8-10(2)3/h5-7,10,15H,4,8-9H2,1-3H3. The maximum Gasteiger partial charge on any atom is 0.137 e. The largest absolute Gasteiger partial charge is 0.492 e. The van der Waals surface area contributed by atoms with Crippen molar-refractivity contribution in [1.82, 2.24) is 5.32 Å². The van der Waals surface area contributed by atoms with Gasteiger partial charge in [0, 0.05) is 12.1 Å². The van der Waals surface area contributed by atoms with Gasteiger partial charge in [0.05, 0.1) is 11.1 Å². The Hall–Kier alpha value is -0.540. The van der Waals surface area contributed by atoms with E-state index in [0.29, 0.717) is 12.5 Å². The zero-order valence-corrected chi connectivity index (χ0v) is 11.8. The van der Waals surface area contributed by atoms with Gasteiger partial charge in [0.2, 0.25) is 0 Å². The van der Waals surface area contributed by atoms with Gasteiger partial charge in [0.25, 0.3) is 0 Å². The summed E-state index contributed by atoms with van der Waals surface area (Å²) in [6.45, 7) is 8.99. The van der Waals surface area contributed by atoms with Crippen molar-refractivity contribution in [1.29, 1.82) is 0 Å². The molecule has 0 bridgehead atoms. The van der Waals surface area contributed by atoms with E-state index in [2.05, 4.69) is 41.2 Å². The Morgan fingerprint density at radius 1 is 1.38 bits per heavy atom. The van der Waals surface area contributed by atoms with Gasteiger partial charge in [-0.25, -0.2) is 0 Å². The van der Waals surface area contributed by atoms with Crippen LogP contribution in [-0.4, -0.2) is 13.2 Å². The summed E-state index contributed by atoms with van der Waals surface area (Å²) in [6.07, 6.45) is 0. The van der Waals surface area contributed by atoms with Crippen LogP contribution in [0.3, 0.4) is 0 Å². The van der Waals surface area contributed by atoms with E-state index in [9.17, 15) is 0 Å². The Morgan fingerprint density at radius 2 is 2.12 bits per heavy atom. The predicted molar refractivity (Wildman–Crippen MR) is 71.9 cm³/mol. The lowest BCUT2D eigenvalue weighted by molar-refractivity contribution is 0.333. The minimum atomic E-state index is 0.669. The van der Waals surface area contributed by atoms with Gasteiger partial charge in [-0.3, -0.25) is 0 Å². The first-order chi connectivity index (χ1) is 7.65. The molecule has 1 aromatic carbocycles. The first-order valence-electron chi connectivity index (χ1n) is 5.76. The van der Waals surface area contributed by atoms with Crippen LogP contribution in [0.4, 0.5) is 0 Å². The third-order valence-electron chi connectivity index (χ3n) is 2.21. The number of para-hydroxylation sites is 1. The summed E-state index contributed by atoms with van der Waals surface area (Å²) in [5, 5.41) is 3.43. The van der Waals surface area contributed by atoms with E-state index in [1.807, 2.05) is 19.1 Å². The molecule has 0 saturated carbocycles. The molecule has 0 radical (unpaired) electrons. The molecular formula is C13H20BrNO. The molecule has 1 N–H and O–H groups in total. The van der Waals surface area contributed by atoms with Crippen LogP contribution < -0.4 is 10.1 Å². The Kier molecular flexibility index (Phi) is 5.85. The molecule has 0 atom stereocenters. The Labute approximate surface area is 107 Å². The monoisotopic (exact) mass is 285 g/mol. The summed E-state index contributed by atoms with van der Waals surface area (Å²) < 4.78 is 6.66. The summed E-state index contributed by atoms with van der Waals surface area (Å²) in [4.78, 5) is 0. The average molecular weight is 286 g/mol. The Morgan fingerprint density at radius 3 is 2.75 bits per heavy atom. The molecule has 0 aliphatic carbocycles. The van der Waals surface area contributed by atoms with Crippen molar-refractivity contribution < 1.29 is 4.74 Å². The van der Waals surface area contributed by atoms with Crippen LogP contribution in [0.25, 0.3) is 0 Å². The summed E-state index contributed by atoms with van der Waals surface area (Å²) >= 11 is 3.52. The van der Waals surface area contributed by atoms with Gasteiger partial charge in [-0.1, -0.05) is 26.0 Å². The first-order valence-corrected chi connectivity index (χ1v) is 6.55. The molecule has 3 heteroatoms. The molecule has 1 aromatic rings. The highest BCUT2D eigenvalue weighted by molar-refractivity contribution is 9.10. The summed E-state index contributed by atoms with van der Waals surface area (Å²) in [5.41, 5.74) is 1.21. The molecule has 0 aliphatic heterocycles. The fourth-order valence-electron chi connectivity index (χ4n) is 1.49. The van der Waals surface area contributed by atoms with Crippen LogP contribution >= 0.6 is 15.9 Å². The topological polar surface area (TPSA) is 21.3 Å². The van der Waals surface area contributed by atoms with Crippen LogP contribution in [0.15, 0.2) is 22.7 Å². The molecule has 0 aromatic heterocycles. The zero-order chi connectivity index (χ0) is 12.0. The van der Waals surface area contributed by atoms with Gasteiger partial charge in [-0.2, -0.15) is 0 Å². The lowest BCUT2D eigenvalue weighted by Crippen LogP contribution is -2.19. The number of ether oxygens (including phenoxy) is 1. The van der Waals surface area contributed by atoms with E-state index in [1.54, 1.807) is 0 Å². The van der Waals surface area contributed by atoms with E-state index in [0.717, 1.165) is 23.3 Å². The molecule has 0 aliphatic rings. The highest BCUT2D eigenvalue weighted by Gasteiger charge is 2.07. The predicted octanol–water partition coefficient (Wildman–Crippen LogP) is 3.59. The summed E-state index contributed by atoms with van der Waals surface area (Å²) in [6, 6.07) is 6.15. The number of nitrogens with one attached hydrogen (secondary N) is 1. The van der Waals surface area contributed by atoms with Crippen molar-refractivity contribution in [2.24, 2.45) is 5.92 Å². The first kappa shape index (κ1) is 13.5. The van der Waals surface area contributed by atoms with Gasteiger partial charge < -0.3 is 10.1 Å². The van der Waals surface area contributed by atoms with Crippen molar-refractivity contribution >= 4 is 15.9 Å². The quantitative estimate of drug-likeness (QED) is 0.862. The van der Waals surface area contributed by atoms with E-state index >= 15 is 0 Å². The van der Waals surface area contributed by atoms with Crippen molar-refractivity contribution in [2.75, 3.05) is 13.2 Å². The fourth-order valence-corrected chi connectivity index (χ4v) is 2.02. The summed E-state index contributed by atoms with van der Waals surface area (Å²) in [5.74, 6) is 1.63. The zero-order valence-electron chi connectivity index (χ0n) is 10.2. The lowest BCUT2D eigenvalue weighted by atomic mass is 10.2. The second-order valence-electron chi connectivity index (χ2n) is 4.19. The van der Waals surface area contributed by atoms with Crippen molar-refractivity contribution in [3.05, 3.63) is 28.2 Å². The number of rotatable bonds is 6. The molecule has 0 spiro atoms. The molecule has 90 valence electrons. The smallest absolute Gasteiger partial charge is 0.137 e. The van der Waals surface area contributed by atoms with Gasteiger partial charge in [0.1, 0.15) is 5.75 Å².